The van der Waals surface area contributed by atoms with E-state index >= 15 is 0 Å². The molecule has 0 aromatic rings. The lowest BCUT2D eigenvalue weighted by Crippen LogP contribution is -2.48. The fourth-order valence-electron chi connectivity index (χ4n) is 2.29. The predicted octanol–water partition coefficient (Wildman–Crippen LogP) is 2.27. The van der Waals surface area contributed by atoms with E-state index in [4.69, 9.17) is 9.47 Å². The van der Waals surface area contributed by atoms with Gasteiger partial charge in [0.25, 0.3) is 0 Å². The molecule has 1 unspecified atom stereocenters. The van der Waals surface area contributed by atoms with Crippen molar-refractivity contribution in [1.82, 2.24) is 0 Å². The standard InChI is InChI=1S/C13H22O3/c1-9-10(12(2,3)4)7-8-11(14)13(9,15-5)16-6/h7-8,11,14H,1-6H3. The lowest BCUT2D eigenvalue weighted by Gasteiger charge is -2.40. The molecule has 0 fully saturated rings. The zero-order valence-corrected chi connectivity index (χ0v) is 11.0. The highest BCUT2D eigenvalue weighted by atomic mass is 16.7. The van der Waals surface area contributed by atoms with E-state index in [1.165, 1.54) is 0 Å². The van der Waals surface area contributed by atoms with Crippen LogP contribution >= 0.6 is 0 Å². The molecule has 0 aromatic carbocycles. The maximum atomic E-state index is 10.0. The van der Waals surface area contributed by atoms with Crippen LogP contribution in [0.15, 0.2) is 23.3 Å². The summed E-state index contributed by atoms with van der Waals surface area (Å²) in [6.07, 6.45) is 2.91. The molecule has 0 aromatic heterocycles. The Labute approximate surface area is 97.8 Å². The average molecular weight is 226 g/mol. The second-order valence-electron chi connectivity index (χ2n) is 5.17. The largest absolute Gasteiger partial charge is 0.383 e. The minimum atomic E-state index is -1.04. The first-order valence-electron chi connectivity index (χ1n) is 5.48. The Kier molecular flexibility index (Phi) is 3.62. The fourth-order valence-corrected chi connectivity index (χ4v) is 2.29. The molecule has 1 N–H and O–H groups in total. The molecular formula is C13H22O3. The fraction of sp³-hybridized carbons (Fsp3) is 0.692. The SMILES string of the molecule is COC1(OC)C(C)=C(C(C)(C)C)C=CC1O. The van der Waals surface area contributed by atoms with E-state index in [0.717, 1.165) is 11.1 Å². The van der Waals surface area contributed by atoms with Crippen molar-refractivity contribution >= 4 is 0 Å². The highest BCUT2D eigenvalue weighted by Gasteiger charge is 2.43. The number of aliphatic hydroxyl groups excluding tert-OH is 1. The molecule has 0 amide bonds. The minimum absolute atomic E-state index is 0.00301. The van der Waals surface area contributed by atoms with Gasteiger partial charge in [0.05, 0.1) is 0 Å². The second kappa shape index (κ2) is 4.32. The molecule has 0 saturated carbocycles. The van der Waals surface area contributed by atoms with E-state index in [1.807, 2.05) is 13.0 Å². The number of rotatable bonds is 2. The predicted molar refractivity (Wildman–Crippen MR) is 64.1 cm³/mol. The van der Waals surface area contributed by atoms with Crippen LogP contribution in [0.1, 0.15) is 27.7 Å². The summed E-state index contributed by atoms with van der Waals surface area (Å²) in [5.74, 6) is -1.04. The van der Waals surface area contributed by atoms with Crippen LogP contribution in [0, 0.1) is 5.41 Å². The van der Waals surface area contributed by atoms with Crippen LogP contribution < -0.4 is 0 Å². The van der Waals surface area contributed by atoms with E-state index in [0.29, 0.717) is 0 Å². The van der Waals surface area contributed by atoms with Gasteiger partial charge in [0.1, 0.15) is 6.10 Å². The summed E-state index contributed by atoms with van der Waals surface area (Å²) in [6.45, 7) is 8.33. The molecule has 3 heteroatoms. The van der Waals surface area contributed by atoms with Crippen molar-refractivity contribution in [2.45, 2.75) is 39.6 Å². The Morgan fingerprint density at radius 2 is 1.75 bits per heavy atom. The highest BCUT2D eigenvalue weighted by molar-refractivity contribution is 5.39. The summed E-state index contributed by atoms with van der Waals surface area (Å²) < 4.78 is 10.8. The van der Waals surface area contributed by atoms with Gasteiger partial charge in [-0.05, 0) is 23.5 Å². The first-order valence-corrected chi connectivity index (χ1v) is 5.48. The van der Waals surface area contributed by atoms with Gasteiger partial charge in [-0.1, -0.05) is 32.9 Å². The lowest BCUT2D eigenvalue weighted by atomic mass is 9.77. The zero-order chi connectivity index (χ0) is 12.6. The Morgan fingerprint density at radius 1 is 1.25 bits per heavy atom. The summed E-state index contributed by atoms with van der Waals surface area (Å²) in [5.41, 5.74) is 2.07. The summed E-state index contributed by atoms with van der Waals surface area (Å²) in [6, 6.07) is 0. The van der Waals surface area contributed by atoms with Gasteiger partial charge in [-0.15, -0.1) is 0 Å². The molecule has 0 heterocycles. The minimum Gasteiger partial charge on any atom is -0.383 e. The monoisotopic (exact) mass is 226 g/mol. The van der Waals surface area contributed by atoms with Crippen LogP contribution in [0.3, 0.4) is 0 Å². The number of methoxy groups -OCH3 is 2. The first-order chi connectivity index (χ1) is 7.29. The van der Waals surface area contributed by atoms with Crippen molar-refractivity contribution in [3.05, 3.63) is 23.3 Å². The highest BCUT2D eigenvalue weighted by Crippen LogP contribution is 2.40. The molecule has 0 bridgehead atoms. The van der Waals surface area contributed by atoms with Crippen LogP contribution in [-0.4, -0.2) is 31.2 Å². The summed E-state index contributed by atoms with van der Waals surface area (Å²) >= 11 is 0. The number of aliphatic hydroxyl groups is 1. The summed E-state index contributed by atoms with van der Waals surface area (Å²) in [5, 5.41) is 10.0. The van der Waals surface area contributed by atoms with E-state index in [-0.39, 0.29) is 5.41 Å². The van der Waals surface area contributed by atoms with Crippen LogP contribution in [0.25, 0.3) is 0 Å². The third-order valence-electron chi connectivity index (χ3n) is 3.18. The van der Waals surface area contributed by atoms with Crippen molar-refractivity contribution in [1.29, 1.82) is 0 Å². The molecule has 3 nitrogen and oxygen atoms in total. The second-order valence-corrected chi connectivity index (χ2v) is 5.17. The first kappa shape index (κ1) is 13.4. The van der Waals surface area contributed by atoms with Crippen LogP contribution in [-0.2, 0) is 9.47 Å². The lowest BCUT2D eigenvalue weighted by molar-refractivity contribution is -0.223. The molecule has 1 aliphatic rings. The maximum absolute atomic E-state index is 10.0. The zero-order valence-electron chi connectivity index (χ0n) is 11.0. The van der Waals surface area contributed by atoms with Crippen molar-refractivity contribution in [3.8, 4) is 0 Å². The van der Waals surface area contributed by atoms with Crippen molar-refractivity contribution in [2.24, 2.45) is 5.41 Å². The molecule has 1 rings (SSSR count). The number of hydrogen-bond acceptors (Lipinski definition) is 3. The van der Waals surface area contributed by atoms with Crippen LogP contribution in [0.5, 0.6) is 0 Å². The molecule has 0 radical (unpaired) electrons. The molecule has 92 valence electrons. The Bertz CT molecular complexity index is 317. The molecule has 16 heavy (non-hydrogen) atoms. The molecular weight excluding hydrogens is 204 g/mol. The van der Waals surface area contributed by atoms with Gasteiger partial charge in [-0.25, -0.2) is 0 Å². The Balaban J connectivity index is 3.31. The summed E-state index contributed by atoms with van der Waals surface area (Å²) in [4.78, 5) is 0. The van der Waals surface area contributed by atoms with Crippen molar-refractivity contribution in [3.63, 3.8) is 0 Å². The van der Waals surface area contributed by atoms with Crippen molar-refractivity contribution < 1.29 is 14.6 Å². The van der Waals surface area contributed by atoms with Crippen molar-refractivity contribution in [2.75, 3.05) is 14.2 Å². The maximum Gasteiger partial charge on any atom is 0.221 e. The van der Waals surface area contributed by atoms with E-state index in [2.05, 4.69) is 20.8 Å². The normalized spacial score (nSPS) is 25.1. The van der Waals surface area contributed by atoms with Gasteiger partial charge in [-0.3, -0.25) is 0 Å². The van der Waals surface area contributed by atoms with E-state index in [1.54, 1.807) is 20.3 Å². The van der Waals surface area contributed by atoms with E-state index in [9.17, 15) is 5.11 Å². The average Bonchev–Trinajstić information content (AvgIpc) is 2.17. The molecule has 0 spiro atoms. The molecule has 1 atom stereocenters. The quantitative estimate of drug-likeness (QED) is 0.734. The van der Waals surface area contributed by atoms with Gasteiger partial charge in [0.15, 0.2) is 0 Å². The Hall–Kier alpha value is -0.640. The van der Waals surface area contributed by atoms with Crippen LogP contribution in [0.4, 0.5) is 0 Å². The third-order valence-corrected chi connectivity index (χ3v) is 3.18. The van der Waals surface area contributed by atoms with Gasteiger partial charge in [0, 0.05) is 14.2 Å². The number of hydrogen-bond donors (Lipinski definition) is 1. The van der Waals surface area contributed by atoms with Gasteiger partial charge < -0.3 is 14.6 Å². The summed E-state index contributed by atoms with van der Waals surface area (Å²) in [7, 11) is 3.10. The molecule has 0 saturated heterocycles. The smallest absolute Gasteiger partial charge is 0.221 e. The Morgan fingerprint density at radius 3 is 2.12 bits per heavy atom. The van der Waals surface area contributed by atoms with Gasteiger partial charge in [0.2, 0.25) is 5.79 Å². The van der Waals surface area contributed by atoms with Gasteiger partial charge >= 0.3 is 0 Å². The van der Waals surface area contributed by atoms with E-state index < -0.39 is 11.9 Å². The number of ether oxygens (including phenoxy) is 2. The van der Waals surface area contributed by atoms with Crippen LogP contribution in [0.2, 0.25) is 0 Å². The van der Waals surface area contributed by atoms with Gasteiger partial charge in [-0.2, -0.15) is 0 Å². The molecule has 1 aliphatic carbocycles. The third kappa shape index (κ3) is 1.95. The number of allylic oxidation sites excluding steroid dienone is 2. The topological polar surface area (TPSA) is 38.7 Å². The molecule has 0 aliphatic heterocycles.